The van der Waals surface area contributed by atoms with Gasteiger partial charge in [0.2, 0.25) is 5.66 Å². The third kappa shape index (κ3) is 7.16. The van der Waals surface area contributed by atoms with Gasteiger partial charge in [-0.05, 0) is 166 Å². The van der Waals surface area contributed by atoms with E-state index in [0.29, 0.717) is 0 Å². The molecule has 0 saturated heterocycles. The Morgan fingerprint density at radius 2 is 1.43 bits per heavy atom. The molecule has 4 nitrogen and oxygen atoms in total. The summed E-state index contributed by atoms with van der Waals surface area (Å²) in [6.45, 7) is 20.1. The second-order valence-corrected chi connectivity index (χ2v) is 18.8. The van der Waals surface area contributed by atoms with Crippen LogP contribution in [0.15, 0.2) is 229 Å². The molecule has 0 amide bonds. The van der Waals surface area contributed by atoms with Crippen molar-refractivity contribution in [2.45, 2.75) is 71.0 Å². The zero-order valence-electron chi connectivity index (χ0n) is 39.7. The summed E-state index contributed by atoms with van der Waals surface area (Å²) >= 11 is 0. The highest BCUT2D eigenvalue weighted by atomic mass is 16.3. The molecular weight excluding hydrogens is 827 g/mol. The van der Waals surface area contributed by atoms with E-state index in [-0.39, 0.29) is 11.5 Å². The van der Waals surface area contributed by atoms with E-state index in [0.717, 1.165) is 103 Å². The van der Waals surface area contributed by atoms with Gasteiger partial charge in [-0.1, -0.05) is 172 Å². The fourth-order valence-electron chi connectivity index (χ4n) is 11.4. The molecule has 0 aromatic heterocycles. The number of nitrogens with one attached hydrogen (secondary N) is 1. The highest BCUT2D eigenvalue weighted by Crippen LogP contribution is 2.56. The molecule has 68 heavy (non-hydrogen) atoms. The van der Waals surface area contributed by atoms with E-state index in [1.54, 1.807) is 0 Å². The Morgan fingerprint density at radius 1 is 0.765 bits per heavy atom. The maximum atomic E-state index is 14.4. The Kier molecular flexibility index (Phi) is 11.5. The number of para-hydroxylation sites is 2. The number of hydrogen-bond donors (Lipinski definition) is 1. The van der Waals surface area contributed by atoms with E-state index in [1.807, 2.05) is 43.4 Å². The van der Waals surface area contributed by atoms with Crippen LogP contribution in [0, 0.1) is 4.91 Å². The van der Waals surface area contributed by atoms with Crippen LogP contribution in [0.4, 0.5) is 11.4 Å². The lowest BCUT2D eigenvalue weighted by molar-refractivity contribution is 0.156. The van der Waals surface area contributed by atoms with Crippen LogP contribution in [0.1, 0.15) is 92.8 Å². The van der Waals surface area contributed by atoms with Gasteiger partial charge >= 0.3 is 0 Å². The second kappa shape index (κ2) is 17.8. The van der Waals surface area contributed by atoms with Crippen molar-refractivity contribution in [1.82, 2.24) is 4.90 Å². The zero-order valence-corrected chi connectivity index (χ0v) is 39.7. The molecule has 0 spiro atoms. The molecule has 1 heterocycles. The Balaban J connectivity index is 1.08. The van der Waals surface area contributed by atoms with Crippen LogP contribution in [0.3, 0.4) is 0 Å². The topological polar surface area (TPSA) is 44.7 Å². The van der Waals surface area contributed by atoms with Gasteiger partial charge in [-0.25, -0.2) is 0 Å². The number of rotatable bonds is 11. The molecule has 0 bridgehead atoms. The third-order valence-electron chi connectivity index (χ3n) is 14.6. The van der Waals surface area contributed by atoms with E-state index in [4.69, 9.17) is 6.58 Å². The van der Waals surface area contributed by atoms with Gasteiger partial charge < -0.3 is 10.2 Å². The quantitative estimate of drug-likeness (QED) is 0.104. The molecule has 334 valence electrons. The molecule has 10 rings (SSSR count). The van der Waals surface area contributed by atoms with Gasteiger partial charge in [0, 0.05) is 39.5 Å². The lowest BCUT2D eigenvalue weighted by Gasteiger charge is -2.43. The van der Waals surface area contributed by atoms with E-state index in [2.05, 4.69) is 201 Å². The summed E-state index contributed by atoms with van der Waals surface area (Å²) in [5, 5.41) is 7.93. The third-order valence-corrected chi connectivity index (χ3v) is 14.6. The lowest BCUT2D eigenvalue weighted by Crippen LogP contribution is -2.48. The molecule has 2 unspecified atom stereocenters. The van der Waals surface area contributed by atoms with Crippen LogP contribution >= 0.6 is 0 Å². The molecule has 0 saturated carbocycles. The summed E-state index contributed by atoms with van der Waals surface area (Å²) < 4.78 is 0. The monoisotopic (exact) mass is 883 g/mol. The number of nitroso groups, excluding NO2 is 1. The fourth-order valence-corrected chi connectivity index (χ4v) is 11.4. The summed E-state index contributed by atoms with van der Waals surface area (Å²) in [6.07, 6.45) is 17.3. The standard InChI is InChI=1S/C64H57N3O/c1-8-22-59-50(10-3)55-40-46(45-35-37-58-56(41-45)54-31-16-18-32-57(54)63(58,6)7)36-38-60(55)64(59,66-68)67-42(4)39-47(25-20-23-44-24-21-34-62(44)67)49(9-2)53-30-15-14-28-51(53)43(5)52-29-17-19-33-61(52)65-48-26-12-11-13-27-48/h8-19,21-22,24,26-33,35-42,65H,3,5,20,23,25H2,1-2,4,6-7H3/b22-8-,47-39+,49-9-. The number of hydrogen-bond acceptors (Lipinski definition) is 4. The van der Waals surface area contributed by atoms with Gasteiger partial charge in [-0.2, -0.15) is 0 Å². The first-order valence-corrected chi connectivity index (χ1v) is 23.9. The van der Waals surface area contributed by atoms with Crippen LogP contribution in [-0.4, -0.2) is 10.9 Å². The van der Waals surface area contributed by atoms with Crippen LogP contribution in [0.5, 0.6) is 0 Å². The van der Waals surface area contributed by atoms with Gasteiger partial charge in [-0.3, -0.25) is 0 Å². The summed E-state index contributed by atoms with van der Waals surface area (Å²) in [5.41, 5.74) is 23.6. The molecular formula is C64H57N3O. The van der Waals surface area contributed by atoms with Crippen molar-refractivity contribution in [2.75, 3.05) is 5.32 Å². The molecule has 6 aromatic carbocycles. The minimum absolute atomic E-state index is 0.0808. The minimum atomic E-state index is -1.42. The highest BCUT2D eigenvalue weighted by molar-refractivity contribution is 5.94. The molecule has 1 aliphatic heterocycles. The van der Waals surface area contributed by atoms with Gasteiger partial charge in [0.25, 0.3) is 0 Å². The van der Waals surface area contributed by atoms with Crippen LogP contribution in [-0.2, 0) is 11.1 Å². The Bertz CT molecular complexity index is 3290. The predicted octanol–water partition coefficient (Wildman–Crippen LogP) is 16.8. The summed E-state index contributed by atoms with van der Waals surface area (Å²) in [7, 11) is 0. The Labute approximate surface area is 402 Å². The summed E-state index contributed by atoms with van der Waals surface area (Å²) in [6, 6.07) is 49.1. The van der Waals surface area contributed by atoms with Crippen molar-refractivity contribution in [3.8, 4) is 22.3 Å². The van der Waals surface area contributed by atoms with E-state index >= 15 is 0 Å². The van der Waals surface area contributed by atoms with Crippen molar-refractivity contribution in [1.29, 1.82) is 0 Å². The van der Waals surface area contributed by atoms with Crippen LogP contribution in [0.25, 0.3) is 39.0 Å². The van der Waals surface area contributed by atoms with Crippen molar-refractivity contribution in [3.05, 3.63) is 267 Å². The lowest BCUT2D eigenvalue weighted by atomic mass is 9.82. The van der Waals surface area contributed by atoms with Crippen molar-refractivity contribution < 1.29 is 0 Å². The molecule has 4 heteroatoms. The average Bonchev–Trinajstić information content (AvgIpc) is 4.01. The first-order chi connectivity index (χ1) is 33.1. The smallest absolute Gasteiger partial charge is 0.227 e. The number of anilines is 2. The minimum Gasteiger partial charge on any atom is -0.355 e. The number of nitrogens with zero attached hydrogens (tertiary/aromatic N) is 2. The van der Waals surface area contributed by atoms with Crippen molar-refractivity contribution in [2.24, 2.45) is 5.18 Å². The fraction of sp³-hybridized carbons (Fsp3) is 0.172. The number of fused-ring (bicyclic) bond motifs is 5. The van der Waals surface area contributed by atoms with Gasteiger partial charge in [-0.15, -0.1) is 4.91 Å². The van der Waals surface area contributed by atoms with Gasteiger partial charge in [0.05, 0.1) is 5.70 Å². The van der Waals surface area contributed by atoms with Crippen molar-refractivity contribution >= 4 is 28.1 Å². The largest absolute Gasteiger partial charge is 0.355 e. The van der Waals surface area contributed by atoms with E-state index in [1.165, 1.54) is 27.8 Å². The van der Waals surface area contributed by atoms with Crippen molar-refractivity contribution in [3.63, 3.8) is 0 Å². The molecule has 0 radical (unpaired) electrons. The van der Waals surface area contributed by atoms with E-state index < -0.39 is 5.66 Å². The van der Waals surface area contributed by atoms with Crippen LogP contribution in [0.2, 0.25) is 0 Å². The predicted molar refractivity (Wildman–Crippen MR) is 286 cm³/mol. The van der Waals surface area contributed by atoms with Gasteiger partial charge in [0.15, 0.2) is 0 Å². The molecule has 1 N–H and O–H groups in total. The Hall–Kier alpha value is -7.78. The second-order valence-electron chi connectivity index (χ2n) is 18.8. The van der Waals surface area contributed by atoms with Crippen LogP contribution < -0.4 is 5.32 Å². The highest BCUT2D eigenvalue weighted by Gasteiger charge is 2.53. The number of benzene rings is 6. The molecule has 4 aliphatic rings. The first kappa shape index (κ1) is 44.1. The molecule has 6 aromatic rings. The average molecular weight is 884 g/mol. The maximum Gasteiger partial charge on any atom is 0.227 e. The molecule has 2 atom stereocenters. The SMILES string of the molecule is C=CC1=C(/C=C\C)C(N=O)(N2C3=C=CC=C3CCCC(/C(=C/C)c3ccccc3C(=C)c3ccccc3Nc3ccccc3)=C\C2C)c2ccc(-c3ccc4c(c3)-c3ccccc3C4(C)C)cc21. The first-order valence-electron chi connectivity index (χ1n) is 23.9. The molecule has 0 fully saturated rings. The van der Waals surface area contributed by atoms with Gasteiger partial charge in [0.1, 0.15) is 0 Å². The molecule has 3 aliphatic carbocycles. The zero-order chi connectivity index (χ0) is 47.2. The number of allylic oxidation sites excluding steroid dienone is 8. The maximum absolute atomic E-state index is 14.4. The van der Waals surface area contributed by atoms with E-state index in [9.17, 15) is 4.91 Å². The summed E-state index contributed by atoms with van der Waals surface area (Å²) in [5.74, 6) is 0. The normalized spacial score (nSPS) is 20.0. The summed E-state index contributed by atoms with van der Waals surface area (Å²) in [4.78, 5) is 16.6. The Morgan fingerprint density at radius 3 is 2.16 bits per heavy atom.